The number of likely N-dealkylation sites (N-methyl/N-ethyl adjacent to an activating group) is 1. The SMILES string of the molecule is CN(CC(=O)NCCNc1ccc([N+](=O)[O-])cc1)Cc1ccccc1F. The van der Waals surface area contributed by atoms with Crippen molar-refractivity contribution in [2.75, 3.05) is 32.0 Å². The molecule has 8 heteroatoms. The lowest BCUT2D eigenvalue weighted by Crippen LogP contribution is -2.37. The molecule has 0 unspecified atom stereocenters. The summed E-state index contributed by atoms with van der Waals surface area (Å²) < 4.78 is 13.6. The van der Waals surface area contributed by atoms with Gasteiger partial charge in [0.1, 0.15) is 5.82 Å². The fourth-order valence-corrected chi connectivity index (χ4v) is 2.38. The van der Waals surface area contributed by atoms with Crippen LogP contribution in [-0.2, 0) is 11.3 Å². The number of carbonyl (C=O) groups excluding carboxylic acids is 1. The van der Waals surface area contributed by atoms with Gasteiger partial charge < -0.3 is 10.6 Å². The maximum absolute atomic E-state index is 13.6. The van der Waals surface area contributed by atoms with E-state index in [2.05, 4.69) is 10.6 Å². The van der Waals surface area contributed by atoms with Gasteiger partial charge in [0.2, 0.25) is 5.91 Å². The van der Waals surface area contributed by atoms with Crippen molar-refractivity contribution in [3.8, 4) is 0 Å². The Hall–Kier alpha value is -3.00. The fraction of sp³-hybridized carbons (Fsp3) is 0.278. The summed E-state index contributed by atoms with van der Waals surface area (Å²) in [5.74, 6) is -0.443. The van der Waals surface area contributed by atoms with Gasteiger partial charge in [0.15, 0.2) is 0 Å². The molecule has 2 aromatic carbocycles. The van der Waals surface area contributed by atoms with Gasteiger partial charge in [0.25, 0.3) is 5.69 Å². The molecule has 0 spiro atoms. The number of benzene rings is 2. The molecule has 0 aromatic heterocycles. The molecular formula is C18H21FN4O3. The van der Waals surface area contributed by atoms with E-state index in [0.717, 1.165) is 5.69 Å². The van der Waals surface area contributed by atoms with E-state index in [0.29, 0.717) is 25.2 Å². The zero-order valence-corrected chi connectivity index (χ0v) is 14.4. The Morgan fingerprint density at radius 1 is 1.15 bits per heavy atom. The van der Waals surface area contributed by atoms with Crippen LogP contribution in [0.4, 0.5) is 15.8 Å². The topological polar surface area (TPSA) is 87.5 Å². The standard InChI is InChI=1S/C18H21FN4O3/c1-22(12-14-4-2-3-5-17(14)19)13-18(24)21-11-10-20-15-6-8-16(9-7-15)23(25)26/h2-9,20H,10-13H2,1H3,(H,21,24). The zero-order chi connectivity index (χ0) is 18.9. The molecule has 0 saturated heterocycles. The minimum atomic E-state index is -0.457. The van der Waals surface area contributed by atoms with Gasteiger partial charge >= 0.3 is 0 Å². The number of carbonyl (C=O) groups is 1. The Labute approximate surface area is 151 Å². The van der Waals surface area contributed by atoms with Crippen LogP contribution in [-0.4, -0.2) is 42.4 Å². The van der Waals surface area contributed by atoms with Crippen molar-refractivity contribution in [2.24, 2.45) is 0 Å². The lowest BCUT2D eigenvalue weighted by atomic mass is 10.2. The summed E-state index contributed by atoms with van der Waals surface area (Å²) in [6.45, 7) is 1.40. The summed E-state index contributed by atoms with van der Waals surface area (Å²) in [6.07, 6.45) is 0. The minimum absolute atomic E-state index is 0.0294. The lowest BCUT2D eigenvalue weighted by Gasteiger charge is -2.17. The van der Waals surface area contributed by atoms with Crippen LogP contribution in [0.1, 0.15) is 5.56 Å². The average molecular weight is 360 g/mol. The average Bonchev–Trinajstić information content (AvgIpc) is 2.61. The summed E-state index contributed by atoms with van der Waals surface area (Å²) in [5.41, 5.74) is 1.31. The Balaban J connectivity index is 1.67. The zero-order valence-electron chi connectivity index (χ0n) is 14.4. The van der Waals surface area contributed by atoms with E-state index >= 15 is 0 Å². The Bertz CT molecular complexity index is 752. The fourth-order valence-electron chi connectivity index (χ4n) is 2.38. The summed E-state index contributed by atoms with van der Waals surface area (Å²) >= 11 is 0. The third-order valence-electron chi connectivity index (χ3n) is 3.67. The van der Waals surface area contributed by atoms with Gasteiger partial charge in [-0.15, -0.1) is 0 Å². The van der Waals surface area contributed by atoms with Crippen molar-refractivity contribution in [1.29, 1.82) is 0 Å². The highest BCUT2D eigenvalue weighted by atomic mass is 19.1. The third kappa shape index (κ3) is 6.14. The van der Waals surface area contributed by atoms with Crippen LogP contribution >= 0.6 is 0 Å². The number of rotatable bonds is 9. The first kappa shape index (κ1) is 19.3. The van der Waals surface area contributed by atoms with Crippen LogP contribution in [0.3, 0.4) is 0 Å². The molecule has 2 aromatic rings. The van der Waals surface area contributed by atoms with Crippen LogP contribution in [0.2, 0.25) is 0 Å². The van der Waals surface area contributed by atoms with Crippen molar-refractivity contribution in [3.05, 3.63) is 70.0 Å². The molecule has 0 heterocycles. The number of nitro groups is 1. The third-order valence-corrected chi connectivity index (χ3v) is 3.67. The van der Waals surface area contributed by atoms with Crippen LogP contribution < -0.4 is 10.6 Å². The van der Waals surface area contributed by atoms with E-state index in [1.807, 2.05) is 0 Å². The molecular weight excluding hydrogens is 339 g/mol. The molecule has 0 atom stereocenters. The number of halogens is 1. The molecule has 26 heavy (non-hydrogen) atoms. The number of anilines is 1. The van der Waals surface area contributed by atoms with Gasteiger partial charge in [-0.05, 0) is 25.2 Å². The summed E-state index contributed by atoms with van der Waals surface area (Å²) in [6, 6.07) is 12.5. The normalized spacial score (nSPS) is 10.6. The molecule has 0 radical (unpaired) electrons. The molecule has 0 aliphatic rings. The van der Waals surface area contributed by atoms with Crippen LogP contribution in [0, 0.1) is 15.9 Å². The van der Waals surface area contributed by atoms with E-state index in [9.17, 15) is 19.3 Å². The van der Waals surface area contributed by atoms with Gasteiger partial charge in [0.05, 0.1) is 11.5 Å². The lowest BCUT2D eigenvalue weighted by molar-refractivity contribution is -0.384. The summed E-state index contributed by atoms with van der Waals surface area (Å²) in [7, 11) is 1.75. The molecule has 2 rings (SSSR count). The van der Waals surface area contributed by atoms with Crippen LogP contribution in [0.25, 0.3) is 0 Å². The number of hydrogen-bond donors (Lipinski definition) is 2. The number of nitrogens with one attached hydrogen (secondary N) is 2. The highest BCUT2D eigenvalue weighted by molar-refractivity contribution is 5.78. The van der Waals surface area contributed by atoms with E-state index in [1.54, 1.807) is 42.3 Å². The van der Waals surface area contributed by atoms with Gasteiger partial charge in [0, 0.05) is 43.0 Å². The van der Waals surface area contributed by atoms with Crippen LogP contribution in [0.15, 0.2) is 48.5 Å². The van der Waals surface area contributed by atoms with Crippen molar-refractivity contribution in [1.82, 2.24) is 10.2 Å². The quantitative estimate of drug-likeness (QED) is 0.407. The monoisotopic (exact) mass is 360 g/mol. The van der Waals surface area contributed by atoms with Gasteiger partial charge in [-0.3, -0.25) is 19.8 Å². The highest BCUT2D eigenvalue weighted by Gasteiger charge is 2.09. The molecule has 0 saturated carbocycles. The first-order chi connectivity index (χ1) is 12.5. The number of non-ortho nitro benzene ring substituents is 1. The molecule has 2 N–H and O–H groups in total. The van der Waals surface area contributed by atoms with Crippen LogP contribution in [0.5, 0.6) is 0 Å². The minimum Gasteiger partial charge on any atom is -0.383 e. The highest BCUT2D eigenvalue weighted by Crippen LogP contribution is 2.14. The number of nitro benzene ring substituents is 1. The molecule has 0 aliphatic carbocycles. The first-order valence-electron chi connectivity index (χ1n) is 8.12. The number of hydrogen-bond acceptors (Lipinski definition) is 5. The molecule has 1 amide bonds. The second-order valence-electron chi connectivity index (χ2n) is 5.84. The predicted octanol–water partition coefficient (Wildman–Crippen LogP) is 2.39. The number of amides is 1. The van der Waals surface area contributed by atoms with Crippen molar-refractivity contribution >= 4 is 17.3 Å². The molecule has 0 bridgehead atoms. The molecule has 0 aliphatic heterocycles. The second-order valence-corrected chi connectivity index (χ2v) is 5.84. The first-order valence-corrected chi connectivity index (χ1v) is 8.12. The van der Waals surface area contributed by atoms with E-state index in [4.69, 9.17) is 0 Å². The largest absolute Gasteiger partial charge is 0.383 e. The maximum Gasteiger partial charge on any atom is 0.269 e. The Morgan fingerprint density at radius 3 is 2.50 bits per heavy atom. The van der Waals surface area contributed by atoms with E-state index < -0.39 is 4.92 Å². The summed E-state index contributed by atoms with van der Waals surface area (Å²) in [4.78, 5) is 23.8. The van der Waals surface area contributed by atoms with Gasteiger partial charge in [-0.2, -0.15) is 0 Å². The van der Waals surface area contributed by atoms with Crippen molar-refractivity contribution in [3.63, 3.8) is 0 Å². The second kappa shape index (κ2) is 9.47. The van der Waals surface area contributed by atoms with Gasteiger partial charge in [-0.1, -0.05) is 18.2 Å². The smallest absolute Gasteiger partial charge is 0.269 e. The maximum atomic E-state index is 13.6. The molecule has 138 valence electrons. The van der Waals surface area contributed by atoms with Crippen molar-refractivity contribution < 1.29 is 14.1 Å². The summed E-state index contributed by atoms with van der Waals surface area (Å²) in [5, 5.41) is 16.4. The van der Waals surface area contributed by atoms with E-state index in [1.165, 1.54) is 18.2 Å². The predicted molar refractivity (Wildman–Crippen MR) is 97.3 cm³/mol. The molecule has 0 fully saturated rings. The number of nitrogens with zero attached hydrogens (tertiary/aromatic N) is 2. The van der Waals surface area contributed by atoms with E-state index in [-0.39, 0.29) is 24.0 Å². The van der Waals surface area contributed by atoms with Gasteiger partial charge in [-0.25, -0.2) is 4.39 Å². The Morgan fingerprint density at radius 2 is 1.85 bits per heavy atom. The molecule has 7 nitrogen and oxygen atoms in total. The van der Waals surface area contributed by atoms with Crippen molar-refractivity contribution in [2.45, 2.75) is 6.54 Å². The Kier molecular flexibility index (Phi) is 7.04.